The maximum Gasteiger partial charge on any atom is 0.222 e. The van der Waals surface area contributed by atoms with E-state index in [0.717, 1.165) is 58.0 Å². The van der Waals surface area contributed by atoms with Crippen molar-refractivity contribution in [2.75, 3.05) is 39.3 Å². The first-order valence-corrected chi connectivity index (χ1v) is 10.6. The van der Waals surface area contributed by atoms with Crippen molar-refractivity contribution in [3.05, 3.63) is 0 Å². The molecule has 0 aromatic rings. The molecular weight excluding hydrogens is 374 g/mol. The maximum atomic E-state index is 11.8. The van der Waals surface area contributed by atoms with Crippen molar-refractivity contribution >= 4 is 17.8 Å². The highest BCUT2D eigenvalue weighted by Gasteiger charge is 2.11. The van der Waals surface area contributed by atoms with Gasteiger partial charge < -0.3 is 38.3 Å². The van der Waals surface area contributed by atoms with E-state index in [1.54, 1.807) is 0 Å². The second kappa shape index (κ2) is 19.4. The molecule has 0 saturated carbocycles. The molecule has 0 radical (unpaired) electrons. The highest BCUT2D eigenvalue weighted by Crippen LogP contribution is 2.03. The molecule has 0 fully saturated rings. The Labute approximate surface area is 174 Å². The van der Waals surface area contributed by atoms with Crippen LogP contribution >= 0.6 is 0 Å². The fourth-order valence-electron chi connectivity index (χ4n) is 2.59. The highest BCUT2D eigenvalue weighted by molar-refractivity contribution is 5.77. The lowest BCUT2D eigenvalue weighted by Gasteiger charge is -2.12. The normalized spacial score (nSPS) is 11.7. The number of aliphatic hydroxyl groups excluding tert-OH is 1. The molecule has 0 saturated heterocycles. The average Bonchev–Trinajstić information content (AvgIpc) is 2.67. The van der Waals surface area contributed by atoms with Crippen molar-refractivity contribution in [2.24, 2.45) is 22.2 Å². The Morgan fingerprint density at radius 3 is 2.28 bits per heavy atom. The van der Waals surface area contributed by atoms with Crippen LogP contribution in [-0.4, -0.2) is 68.3 Å². The van der Waals surface area contributed by atoms with E-state index in [9.17, 15) is 14.7 Å². The van der Waals surface area contributed by atoms with Gasteiger partial charge in [-0.2, -0.15) is 0 Å². The van der Waals surface area contributed by atoms with Crippen molar-refractivity contribution in [1.29, 1.82) is 0 Å². The molecular formula is C19H41N7O3. The van der Waals surface area contributed by atoms with Gasteiger partial charge in [0.05, 0.1) is 12.5 Å². The van der Waals surface area contributed by atoms with Crippen molar-refractivity contribution in [1.82, 2.24) is 16.0 Å². The Balaban J connectivity index is 3.54. The number of aliphatic hydroxyl groups is 1. The summed E-state index contributed by atoms with van der Waals surface area (Å²) in [4.78, 5) is 27.4. The second-order valence-electron chi connectivity index (χ2n) is 7.08. The summed E-state index contributed by atoms with van der Waals surface area (Å²) < 4.78 is 0. The Hall–Kier alpha value is -1.91. The molecule has 0 unspecified atom stereocenters. The van der Waals surface area contributed by atoms with Gasteiger partial charge in [-0.1, -0.05) is 12.8 Å². The van der Waals surface area contributed by atoms with Gasteiger partial charge in [-0.05, 0) is 51.7 Å². The number of rotatable bonds is 19. The van der Waals surface area contributed by atoms with E-state index in [2.05, 4.69) is 20.9 Å². The minimum Gasteiger partial charge on any atom is -0.391 e. The number of unbranched alkanes of at least 4 members (excludes halogenated alkanes) is 4. The lowest BCUT2D eigenvalue weighted by molar-refractivity contribution is -0.125. The molecule has 29 heavy (non-hydrogen) atoms. The third-order valence-corrected chi connectivity index (χ3v) is 4.22. The van der Waals surface area contributed by atoms with Crippen molar-refractivity contribution in [3.8, 4) is 0 Å². The fraction of sp³-hybridized carbons (Fsp3) is 0.842. The molecule has 0 aromatic heterocycles. The van der Waals surface area contributed by atoms with Crippen LogP contribution in [0.15, 0.2) is 4.99 Å². The summed E-state index contributed by atoms with van der Waals surface area (Å²) in [6, 6.07) is 0. The topological polar surface area (TPSA) is 181 Å². The number of nitrogens with zero attached hydrogens (tertiary/aromatic N) is 1. The van der Waals surface area contributed by atoms with Crippen LogP contribution in [0.3, 0.4) is 0 Å². The first-order chi connectivity index (χ1) is 14.0. The van der Waals surface area contributed by atoms with Gasteiger partial charge in [0.2, 0.25) is 11.8 Å². The quantitative estimate of drug-likeness (QED) is 0.0794. The molecule has 0 aromatic carbocycles. The number of hydrogen-bond donors (Lipinski definition) is 7. The molecule has 0 spiro atoms. The lowest BCUT2D eigenvalue weighted by atomic mass is 10.1. The lowest BCUT2D eigenvalue weighted by Crippen LogP contribution is -2.36. The van der Waals surface area contributed by atoms with Gasteiger partial charge in [0.1, 0.15) is 0 Å². The first kappa shape index (κ1) is 27.1. The second-order valence-corrected chi connectivity index (χ2v) is 7.08. The van der Waals surface area contributed by atoms with Crippen LogP contribution < -0.4 is 33.2 Å². The Morgan fingerprint density at radius 1 is 0.862 bits per heavy atom. The third kappa shape index (κ3) is 20.6. The minimum absolute atomic E-state index is 0.0141. The van der Waals surface area contributed by atoms with Crippen LogP contribution in [0.1, 0.15) is 57.8 Å². The van der Waals surface area contributed by atoms with Crippen LogP contribution in [-0.2, 0) is 9.59 Å². The van der Waals surface area contributed by atoms with Crippen molar-refractivity contribution in [3.63, 3.8) is 0 Å². The summed E-state index contributed by atoms with van der Waals surface area (Å²) in [5.74, 6) is -0.220. The summed E-state index contributed by atoms with van der Waals surface area (Å²) in [7, 11) is 0. The molecule has 0 aliphatic rings. The molecule has 0 bridgehead atoms. The maximum absolute atomic E-state index is 11.8. The first-order valence-electron chi connectivity index (χ1n) is 10.6. The molecule has 2 amide bonds. The standard InChI is InChI=1S/C19H41N7O3/c20-9-7-11-23-10-5-6-12-24-18(29)14-16(27)15-26-17(28)8-3-1-2-4-13-25-19(21)22/h16,23,27H,1-15,20H2,(H,24,29)(H,26,28)(H4,21,22,25)/t16-/m0/s1. The molecule has 0 aliphatic carbocycles. The number of nitrogens with one attached hydrogen (secondary N) is 3. The molecule has 10 heteroatoms. The largest absolute Gasteiger partial charge is 0.391 e. The smallest absolute Gasteiger partial charge is 0.222 e. The van der Waals surface area contributed by atoms with Crippen molar-refractivity contribution in [2.45, 2.75) is 63.9 Å². The molecule has 0 rings (SSSR count). The number of carbonyl (C=O) groups excluding carboxylic acids is 2. The number of aliphatic imine (C=N–C) groups is 1. The van der Waals surface area contributed by atoms with Crippen LogP contribution in [0.4, 0.5) is 0 Å². The van der Waals surface area contributed by atoms with Gasteiger partial charge in [-0.3, -0.25) is 14.6 Å². The monoisotopic (exact) mass is 415 g/mol. The van der Waals surface area contributed by atoms with Gasteiger partial charge in [0.15, 0.2) is 5.96 Å². The van der Waals surface area contributed by atoms with Gasteiger partial charge >= 0.3 is 0 Å². The number of amides is 2. The summed E-state index contributed by atoms with van der Waals surface area (Å²) >= 11 is 0. The van der Waals surface area contributed by atoms with E-state index in [1.807, 2.05) is 0 Å². The van der Waals surface area contributed by atoms with Gasteiger partial charge in [-0.25, -0.2) is 0 Å². The van der Waals surface area contributed by atoms with Crippen LogP contribution in [0.2, 0.25) is 0 Å². The third-order valence-electron chi connectivity index (χ3n) is 4.22. The predicted molar refractivity (Wildman–Crippen MR) is 116 cm³/mol. The van der Waals surface area contributed by atoms with Crippen LogP contribution in [0.5, 0.6) is 0 Å². The van der Waals surface area contributed by atoms with E-state index >= 15 is 0 Å². The zero-order valence-corrected chi connectivity index (χ0v) is 17.6. The predicted octanol–water partition coefficient (Wildman–Crippen LogP) is -1.09. The molecule has 10 N–H and O–H groups in total. The number of nitrogens with two attached hydrogens (primary N) is 3. The molecule has 0 heterocycles. The van der Waals surface area contributed by atoms with E-state index in [1.165, 1.54) is 0 Å². The average molecular weight is 416 g/mol. The minimum atomic E-state index is -0.878. The zero-order valence-electron chi connectivity index (χ0n) is 17.6. The van der Waals surface area contributed by atoms with Crippen molar-refractivity contribution < 1.29 is 14.7 Å². The molecule has 1 atom stereocenters. The Kier molecular flexibility index (Phi) is 18.1. The number of carbonyl (C=O) groups is 2. The van der Waals surface area contributed by atoms with Gasteiger partial charge in [0, 0.05) is 26.1 Å². The van der Waals surface area contributed by atoms with Crippen LogP contribution in [0.25, 0.3) is 0 Å². The van der Waals surface area contributed by atoms with Gasteiger partial charge in [-0.15, -0.1) is 0 Å². The SMILES string of the molecule is NCCCNCCCCNC(=O)C[C@H](O)CNC(=O)CCCCCCN=C(N)N. The van der Waals surface area contributed by atoms with E-state index in [-0.39, 0.29) is 30.7 Å². The van der Waals surface area contributed by atoms with E-state index in [4.69, 9.17) is 17.2 Å². The molecule has 0 aliphatic heterocycles. The fourth-order valence-corrected chi connectivity index (χ4v) is 2.59. The Bertz CT molecular complexity index is 457. The molecule has 170 valence electrons. The number of hydrogen-bond acceptors (Lipinski definition) is 6. The zero-order chi connectivity index (χ0) is 21.7. The number of guanidine groups is 1. The van der Waals surface area contributed by atoms with E-state index < -0.39 is 6.10 Å². The van der Waals surface area contributed by atoms with E-state index in [0.29, 0.717) is 26.1 Å². The summed E-state index contributed by atoms with van der Waals surface area (Å²) in [5, 5.41) is 18.6. The summed E-state index contributed by atoms with van der Waals surface area (Å²) in [6.45, 7) is 3.78. The molecule has 10 nitrogen and oxygen atoms in total. The summed E-state index contributed by atoms with van der Waals surface area (Å²) in [6.07, 6.45) is 5.85. The highest BCUT2D eigenvalue weighted by atomic mass is 16.3. The Morgan fingerprint density at radius 2 is 1.55 bits per heavy atom. The van der Waals surface area contributed by atoms with Crippen LogP contribution in [0, 0.1) is 0 Å². The van der Waals surface area contributed by atoms with Gasteiger partial charge in [0.25, 0.3) is 0 Å². The summed E-state index contributed by atoms with van der Waals surface area (Å²) in [5.41, 5.74) is 15.9.